The first-order valence-electron chi connectivity index (χ1n) is 9.20. The van der Waals surface area contributed by atoms with Crippen molar-refractivity contribution >= 4 is 17.4 Å². The van der Waals surface area contributed by atoms with Crippen molar-refractivity contribution in [2.45, 2.75) is 18.4 Å². The van der Waals surface area contributed by atoms with Crippen LogP contribution in [0.1, 0.15) is 27.9 Å². The van der Waals surface area contributed by atoms with E-state index in [1.807, 2.05) is 42.5 Å². The zero-order valence-electron chi connectivity index (χ0n) is 15.3. The summed E-state index contributed by atoms with van der Waals surface area (Å²) >= 11 is 0. The van der Waals surface area contributed by atoms with Crippen LogP contribution in [0.15, 0.2) is 79.1 Å². The van der Waals surface area contributed by atoms with Crippen LogP contribution in [-0.4, -0.2) is 28.3 Å². The number of anilines is 1. The summed E-state index contributed by atoms with van der Waals surface area (Å²) in [5.41, 5.74) is 0.758. The van der Waals surface area contributed by atoms with Gasteiger partial charge in [0.2, 0.25) is 0 Å². The molecule has 5 heteroatoms. The summed E-state index contributed by atoms with van der Waals surface area (Å²) in [6, 6.07) is 20.3. The van der Waals surface area contributed by atoms with Crippen molar-refractivity contribution in [1.82, 2.24) is 4.98 Å². The van der Waals surface area contributed by atoms with Crippen LogP contribution < -0.4 is 4.90 Å². The number of hydrogen-bond acceptors (Lipinski definition) is 4. The first-order valence-corrected chi connectivity index (χ1v) is 9.20. The van der Waals surface area contributed by atoms with Gasteiger partial charge in [0.25, 0.3) is 5.91 Å². The van der Waals surface area contributed by atoms with Crippen LogP contribution in [-0.2, 0) is 16.8 Å². The third-order valence-corrected chi connectivity index (χ3v) is 5.11. The highest BCUT2D eigenvalue weighted by molar-refractivity contribution is 6.10. The Hall–Kier alpha value is -3.31. The molecule has 1 unspecified atom stereocenters. The maximum Gasteiger partial charge on any atom is 0.264 e. The minimum absolute atomic E-state index is 0.309. The number of aromatic nitrogens is 1. The van der Waals surface area contributed by atoms with Crippen molar-refractivity contribution in [2.24, 2.45) is 0 Å². The van der Waals surface area contributed by atoms with Crippen LogP contribution in [0.2, 0.25) is 0 Å². The zero-order valence-corrected chi connectivity index (χ0v) is 15.3. The maximum atomic E-state index is 13.2. The van der Waals surface area contributed by atoms with Crippen LogP contribution >= 0.6 is 0 Å². The summed E-state index contributed by atoms with van der Waals surface area (Å²) in [7, 11) is 0. The first-order chi connectivity index (χ1) is 13.6. The molecule has 3 aromatic rings. The minimum Gasteiger partial charge on any atom is -0.375 e. The molecule has 1 amide bonds. The number of amides is 1. The van der Waals surface area contributed by atoms with Gasteiger partial charge in [-0.2, -0.15) is 0 Å². The van der Waals surface area contributed by atoms with Crippen LogP contribution in [0.3, 0.4) is 0 Å². The largest absolute Gasteiger partial charge is 0.375 e. The lowest BCUT2D eigenvalue weighted by atomic mass is 9.88. The molecule has 28 heavy (non-hydrogen) atoms. The van der Waals surface area contributed by atoms with Gasteiger partial charge in [0.15, 0.2) is 11.4 Å². The Morgan fingerprint density at radius 2 is 1.75 bits per heavy atom. The fraction of sp³-hybridized carbons (Fsp3) is 0.174. The summed E-state index contributed by atoms with van der Waals surface area (Å²) in [4.78, 5) is 31.4. The van der Waals surface area contributed by atoms with Crippen LogP contribution in [0, 0.1) is 0 Å². The van der Waals surface area contributed by atoms with Crippen LogP contribution in [0.4, 0.5) is 5.69 Å². The fourth-order valence-corrected chi connectivity index (χ4v) is 3.65. The molecule has 0 aliphatic carbocycles. The number of benzene rings is 2. The lowest BCUT2D eigenvalue weighted by Gasteiger charge is -2.22. The Kier molecular flexibility index (Phi) is 4.75. The number of Topliss-reactive ketones (excluding diaryl/α,β-unsaturated/α-hetero) is 1. The normalized spacial score (nSPS) is 18.2. The number of fused-ring (bicyclic) bond motifs is 1. The maximum absolute atomic E-state index is 13.2. The summed E-state index contributed by atoms with van der Waals surface area (Å²) in [5.74, 6) is -0.773. The van der Waals surface area contributed by atoms with Crippen LogP contribution in [0.5, 0.6) is 0 Å². The van der Waals surface area contributed by atoms with E-state index in [0.717, 1.165) is 5.56 Å². The molecular weight excluding hydrogens is 352 g/mol. The van der Waals surface area contributed by atoms with Gasteiger partial charge in [-0.05, 0) is 30.2 Å². The Labute approximate surface area is 163 Å². The van der Waals surface area contributed by atoms with Crippen molar-refractivity contribution in [1.29, 1.82) is 0 Å². The highest BCUT2D eigenvalue weighted by Crippen LogP contribution is 2.42. The van der Waals surface area contributed by atoms with Gasteiger partial charge in [-0.1, -0.05) is 48.5 Å². The summed E-state index contributed by atoms with van der Waals surface area (Å²) in [6.07, 6.45) is 3.38. The smallest absolute Gasteiger partial charge is 0.264 e. The van der Waals surface area contributed by atoms with Crippen molar-refractivity contribution < 1.29 is 14.7 Å². The fourth-order valence-electron chi connectivity index (χ4n) is 3.65. The molecule has 1 N–H and O–H groups in total. The molecule has 0 radical (unpaired) electrons. The van der Waals surface area contributed by atoms with Gasteiger partial charge in [0, 0.05) is 30.1 Å². The average molecular weight is 372 g/mol. The van der Waals surface area contributed by atoms with E-state index in [9.17, 15) is 14.7 Å². The Bertz CT molecular complexity index is 1000. The van der Waals surface area contributed by atoms with E-state index < -0.39 is 11.5 Å². The first kappa shape index (κ1) is 18.1. The monoisotopic (exact) mass is 372 g/mol. The van der Waals surface area contributed by atoms with E-state index in [1.54, 1.807) is 35.4 Å². The number of ketones is 1. The molecule has 0 bridgehead atoms. The van der Waals surface area contributed by atoms with Crippen LogP contribution in [0.25, 0.3) is 0 Å². The number of carbonyl (C=O) groups is 2. The molecule has 1 aliphatic heterocycles. The molecule has 1 aromatic heterocycles. The summed E-state index contributed by atoms with van der Waals surface area (Å²) in [6.45, 7) is 0.434. The van der Waals surface area contributed by atoms with Crippen molar-refractivity contribution in [3.05, 3.63) is 95.8 Å². The number of carbonyl (C=O) groups excluding carboxylic acids is 2. The SMILES string of the molecule is O=C(CC1(O)C(=O)N(CCc2ccccc2)c2ccccc21)c1cccnc1. The Morgan fingerprint density at radius 3 is 2.50 bits per heavy atom. The average Bonchev–Trinajstić information content (AvgIpc) is 2.95. The van der Waals surface area contributed by atoms with Gasteiger partial charge in [-0.25, -0.2) is 0 Å². The van der Waals surface area contributed by atoms with E-state index in [0.29, 0.717) is 29.8 Å². The topological polar surface area (TPSA) is 70.5 Å². The standard InChI is InChI=1S/C23H20N2O3/c26-21(18-9-6-13-24-16-18)15-23(28)19-10-4-5-11-20(19)25(22(23)27)14-12-17-7-2-1-3-8-17/h1-11,13,16,28H,12,14-15H2. The van der Waals surface area contributed by atoms with E-state index in [1.165, 1.54) is 6.20 Å². The number of para-hydroxylation sites is 1. The highest BCUT2D eigenvalue weighted by atomic mass is 16.3. The van der Waals surface area contributed by atoms with Gasteiger partial charge in [-0.15, -0.1) is 0 Å². The second-order valence-electron chi connectivity index (χ2n) is 6.91. The van der Waals surface area contributed by atoms with Crippen molar-refractivity contribution in [3.8, 4) is 0 Å². The number of hydrogen-bond donors (Lipinski definition) is 1. The molecule has 2 aromatic carbocycles. The van der Waals surface area contributed by atoms with E-state index in [-0.39, 0.29) is 12.2 Å². The molecule has 0 saturated carbocycles. The van der Waals surface area contributed by atoms with Gasteiger partial charge < -0.3 is 10.0 Å². The number of rotatable bonds is 6. The summed E-state index contributed by atoms with van der Waals surface area (Å²) < 4.78 is 0. The molecule has 0 fully saturated rings. The molecule has 0 spiro atoms. The van der Waals surface area contributed by atoms with E-state index in [2.05, 4.69) is 4.98 Å². The molecule has 4 rings (SSSR count). The second-order valence-corrected chi connectivity index (χ2v) is 6.91. The van der Waals surface area contributed by atoms with E-state index in [4.69, 9.17) is 0 Å². The Morgan fingerprint density at radius 1 is 1.00 bits per heavy atom. The highest BCUT2D eigenvalue weighted by Gasteiger charge is 2.50. The van der Waals surface area contributed by atoms with Crippen molar-refractivity contribution in [3.63, 3.8) is 0 Å². The number of aliphatic hydroxyl groups is 1. The van der Waals surface area contributed by atoms with E-state index >= 15 is 0 Å². The van der Waals surface area contributed by atoms with Gasteiger partial charge in [0.1, 0.15) is 0 Å². The zero-order chi connectivity index (χ0) is 19.6. The molecular formula is C23H20N2O3. The Balaban J connectivity index is 1.61. The predicted molar refractivity (Wildman–Crippen MR) is 106 cm³/mol. The predicted octanol–water partition coefficient (Wildman–Crippen LogP) is 3.13. The third-order valence-electron chi connectivity index (χ3n) is 5.11. The molecule has 0 saturated heterocycles. The van der Waals surface area contributed by atoms with Crippen molar-refractivity contribution in [2.75, 3.05) is 11.4 Å². The lowest BCUT2D eigenvalue weighted by Crippen LogP contribution is -2.42. The van der Waals surface area contributed by atoms with Gasteiger partial charge in [0.05, 0.1) is 12.1 Å². The second kappa shape index (κ2) is 7.37. The quantitative estimate of drug-likeness (QED) is 0.675. The molecule has 1 atom stereocenters. The molecule has 5 nitrogen and oxygen atoms in total. The third kappa shape index (κ3) is 3.21. The summed E-state index contributed by atoms with van der Waals surface area (Å²) in [5, 5.41) is 11.3. The number of pyridine rings is 1. The van der Waals surface area contributed by atoms with Gasteiger partial charge >= 0.3 is 0 Å². The lowest BCUT2D eigenvalue weighted by molar-refractivity contribution is -0.135. The molecule has 1 aliphatic rings. The molecule has 2 heterocycles. The molecule has 140 valence electrons. The number of nitrogens with zero attached hydrogens (tertiary/aromatic N) is 2. The minimum atomic E-state index is -1.86. The van der Waals surface area contributed by atoms with Gasteiger partial charge in [-0.3, -0.25) is 14.6 Å².